The average Bonchev–Trinajstić information content (AvgIpc) is 2.81. The maximum Gasteiger partial charge on any atom is 0.321 e. The smallest absolute Gasteiger partial charge is 0.321 e. The first kappa shape index (κ1) is 11.4. The standard InChI is InChI=1S/C10H16N4OS/c1-11-8-12-9(15-2)14-10(13-8)16-7-5-3-4-6-7/h7H,3-6H2,1-2H3,(H,11,12,13,14). The Labute approximate surface area is 99.4 Å². The highest BCUT2D eigenvalue weighted by Crippen LogP contribution is 2.33. The van der Waals surface area contributed by atoms with E-state index in [-0.39, 0.29) is 0 Å². The number of anilines is 1. The Morgan fingerprint density at radius 2 is 2.00 bits per heavy atom. The Bertz CT molecular complexity index is 332. The third kappa shape index (κ3) is 2.75. The fraction of sp³-hybridized carbons (Fsp3) is 0.700. The van der Waals surface area contributed by atoms with E-state index in [4.69, 9.17) is 4.74 Å². The second-order valence-corrected chi connectivity index (χ2v) is 4.97. The largest absolute Gasteiger partial charge is 0.467 e. The Morgan fingerprint density at radius 1 is 1.25 bits per heavy atom. The van der Waals surface area contributed by atoms with Gasteiger partial charge in [0.05, 0.1) is 7.11 Å². The molecular weight excluding hydrogens is 224 g/mol. The second kappa shape index (κ2) is 5.34. The zero-order chi connectivity index (χ0) is 11.4. The molecular formula is C10H16N4OS. The van der Waals surface area contributed by atoms with Crippen molar-refractivity contribution in [2.45, 2.75) is 36.1 Å². The minimum Gasteiger partial charge on any atom is -0.467 e. The van der Waals surface area contributed by atoms with E-state index in [0.29, 0.717) is 17.2 Å². The zero-order valence-electron chi connectivity index (χ0n) is 9.56. The molecule has 6 heteroatoms. The summed E-state index contributed by atoms with van der Waals surface area (Å²) in [6, 6.07) is 0.375. The number of nitrogens with zero attached hydrogens (tertiary/aromatic N) is 3. The van der Waals surface area contributed by atoms with Crippen LogP contribution < -0.4 is 10.1 Å². The van der Waals surface area contributed by atoms with Crippen LogP contribution in [-0.2, 0) is 0 Å². The summed E-state index contributed by atoms with van der Waals surface area (Å²) in [4.78, 5) is 12.6. The van der Waals surface area contributed by atoms with Gasteiger partial charge in [0, 0.05) is 12.3 Å². The van der Waals surface area contributed by atoms with E-state index in [2.05, 4.69) is 20.3 Å². The zero-order valence-corrected chi connectivity index (χ0v) is 10.4. The number of rotatable bonds is 4. The van der Waals surface area contributed by atoms with E-state index in [1.54, 1.807) is 25.9 Å². The Hall–Kier alpha value is -1.04. The monoisotopic (exact) mass is 240 g/mol. The first-order valence-electron chi connectivity index (χ1n) is 5.46. The van der Waals surface area contributed by atoms with Crippen LogP contribution in [0.1, 0.15) is 25.7 Å². The van der Waals surface area contributed by atoms with Crippen LogP contribution in [0, 0.1) is 0 Å². The van der Waals surface area contributed by atoms with Gasteiger partial charge in [-0.3, -0.25) is 0 Å². The van der Waals surface area contributed by atoms with Gasteiger partial charge < -0.3 is 10.1 Å². The highest BCUT2D eigenvalue weighted by Gasteiger charge is 2.18. The van der Waals surface area contributed by atoms with Gasteiger partial charge in [0.25, 0.3) is 0 Å². The van der Waals surface area contributed by atoms with Crippen molar-refractivity contribution < 1.29 is 4.74 Å². The van der Waals surface area contributed by atoms with E-state index in [1.165, 1.54) is 25.7 Å². The van der Waals surface area contributed by atoms with E-state index < -0.39 is 0 Å². The number of hydrogen-bond donors (Lipinski definition) is 1. The van der Waals surface area contributed by atoms with Crippen molar-refractivity contribution in [3.05, 3.63) is 0 Å². The van der Waals surface area contributed by atoms with Crippen LogP contribution in [-0.4, -0.2) is 34.4 Å². The average molecular weight is 240 g/mol. The Kier molecular flexibility index (Phi) is 3.82. The topological polar surface area (TPSA) is 59.9 Å². The molecule has 1 aromatic rings. The summed E-state index contributed by atoms with van der Waals surface area (Å²) in [5, 5.41) is 4.31. The molecule has 16 heavy (non-hydrogen) atoms. The molecule has 1 heterocycles. The normalized spacial score (nSPS) is 16.4. The molecule has 1 aliphatic rings. The van der Waals surface area contributed by atoms with Crippen LogP contribution in [0.2, 0.25) is 0 Å². The van der Waals surface area contributed by atoms with Crippen molar-refractivity contribution in [1.82, 2.24) is 15.0 Å². The van der Waals surface area contributed by atoms with Crippen molar-refractivity contribution in [2.75, 3.05) is 19.5 Å². The molecule has 0 spiro atoms. The van der Waals surface area contributed by atoms with Gasteiger partial charge in [-0.15, -0.1) is 0 Å². The van der Waals surface area contributed by atoms with Gasteiger partial charge >= 0.3 is 6.01 Å². The second-order valence-electron chi connectivity index (χ2n) is 3.70. The fourth-order valence-corrected chi connectivity index (χ4v) is 2.89. The molecule has 1 saturated carbocycles. The molecule has 0 unspecified atom stereocenters. The van der Waals surface area contributed by atoms with Gasteiger partial charge in [0.15, 0.2) is 5.16 Å². The molecule has 0 atom stereocenters. The lowest BCUT2D eigenvalue weighted by atomic mass is 10.4. The number of aromatic nitrogens is 3. The molecule has 1 aromatic heterocycles. The summed E-state index contributed by atoms with van der Waals surface area (Å²) in [6.45, 7) is 0. The summed E-state index contributed by atoms with van der Waals surface area (Å²) in [5.41, 5.74) is 0. The molecule has 2 rings (SSSR count). The summed E-state index contributed by atoms with van der Waals surface area (Å²) < 4.78 is 5.05. The number of methoxy groups -OCH3 is 1. The van der Waals surface area contributed by atoms with Gasteiger partial charge in [-0.2, -0.15) is 15.0 Å². The minimum absolute atomic E-state index is 0.375. The molecule has 88 valence electrons. The van der Waals surface area contributed by atoms with Crippen molar-refractivity contribution in [1.29, 1.82) is 0 Å². The van der Waals surface area contributed by atoms with Crippen LogP contribution in [0.4, 0.5) is 5.95 Å². The Morgan fingerprint density at radius 3 is 2.62 bits per heavy atom. The lowest BCUT2D eigenvalue weighted by molar-refractivity contribution is 0.373. The van der Waals surface area contributed by atoms with Crippen LogP contribution in [0.5, 0.6) is 6.01 Å². The fourth-order valence-electron chi connectivity index (χ4n) is 1.75. The van der Waals surface area contributed by atoms with Gasteiger partial charge in [-0.05, 0) is 12.8 Å². The van der Waals surface area contributed by atoms with E-state index >= 15 is 0 Å². The third-order valence-electron chi connectivity index (χ3n) is 2.57. The molecule has 0 amide bonds. The van der Waals surface area contributed by atoms with Gasteiger partial charge in [0.2, 0.25) is 5.95 Å². The number of thioether (sulfide) groups is 1. The molecule has 0 aromatic carbocycles. The first-order chi connectivity index (χ1) is 7.81. The number of nitrogens with one attached hydrogen (secondary N) is 1. The molecule has 5 nitrogen and oxygen atoms in total. The molecule has 0 radical (unpaired) electrons. The van der Waals surface area contributed by atoms with Crippen molar-refractivity contribution in [3.63, 3.8) is 0 Å². The number of ether oxygens (including phenoxy) is 1. The van der Waals surface area contributed by atoms with Crippen LogP contribution in [0.25, 0.3) is 0 Å². The first-order valence-corrected chi connectivity index (χ1v) is 6.34. The molecule has 1 N–H and O–H groups in total. The maximum atomic E-state index is 5.05. The van der Waals surface area contributed by atoms with E-state index in [1.807, 2.05) is 0 Å². The maximum absolute atomic E-state index is 5.05. The van der Waals surface area contributed by atoms with Crippen molar-refractivity contribution >= 4 is 17.7 Å². The van der Waals surface area contributed by atoms with Gasteiger partial charge in [0.1, 0.15) is 0 Å². The van der Waals surface area contributed by atoms with Crippen molar-refractivity contribution in [2.24, 2.45) is 0 Å². The third-order valence-corrected chi connectivity index (χ3v) is 3.77. The van der Waals surface area contributed by atoms with Crippen LogP contribution in [0.15, 0.2) is 5.16 Å². The summed E-state index contributed by atoms with van der Waals surface area (Å²) in [5.74, 6) is 0.562. The highest BCUT2D eigenvalue weighted by atomic mass is 32.2. The molecule has 0 saturated heterocycles. The van der Waals surface area contributed by atoms with Crippen LogP contribution >= 0.6 is 11.8 Å². The lowest BCUT2D eigenvalue weighted by Gasteiger charge is -2.08. The number of hydrogen-bond acceptors (Lipinski definition) is 6. The molecule has 0 aliphatic heterocycles. The minimum atomic E-state index is 0.375. The predicted octanol–water partition coefficient (Wildman–Crippen LogP) is 1.96. The van der Waals surface area contributed by atoms with Crippen molar-refractivity contribution in [3.8, 4) is 6.01 Å². The lowest BCUT2D eigenvalue weighted by Crippen LogP contribution is -2.04. The van der Waals surface area contributed by atoms with Crippen LogP contribution in [0.3, 0.4) is 0 Å². The highest BCUT2D eigenvalue weighted by molar-refractivity contribution is 7.99. The van der Waals surface area contributed by atoms with E-state index in [9.17, 15) is 0 Å². The summed E-state index contributed by atoms with van der Waals surface area (Å²) in [6.07, 6.45) is 5.15. The summed E-state index contributed by atoms with van der Waals surface area (Å²) in [7, 11) is 3.36. The summed E-state index contributed by atoms with van der Waals surface area (Å²) >= 11 is 1.73. The molecule has 1 fully saturated rings. The quantitative estimate of drug-likeness (QED) is 0.868. The molecule has 0 bridgehead atoms. The Balaban J connectivity index is 2.12. The van der Waals surface area contributed by atoms with E-state index in [0.717, 1.165) is 5.16 Å². The van der Waals surface area contributed by atoms with Gasteiger partial charge in [-0.25, -0.2) is 0 Å². The predicted molar refractivity (Wildman–Crippen MR) is 64.0 cm³/mol. The molecule has 1 aliphatic carbocycles. The van der Waals surface area contributed by atoms with Gasteiger partial charge in [-0.1, -0.05) is 24.6 Å². The SMILES string of the molecule is CNc1nc(OC)nc(SC2CCCC2)n1.